The van der Waals surface area contributed by atoms with Crippen LogP contribution < -0.4 is 11.1 Å². The lowest BCUT2D eigenvalue weighted by molar-refractivity contribution is 0.0930. The normalized spacial score (nSPS) is 18.2. The number of hydrogen-bond acceptors (Lipinski definition) is 5. The molecule has 1 aliphatic rings. The molecule has 0 bridgehead atoms. The number of aromatic amines is 1. The van der Waals surface area contributed by atoms with Gasteiger partial charge in [0.15, 0.2) is 0 Å². The van der Waals surface area contributed by atoms with E-state index >= 15 is 0 Å². The molecule has 1 aromatic rings. The van der Waals surface area contributed by atoms with E-state index in [9.17, 15) is 4.79 Å². The highest BCUT2D eigenvalue weighted by Crippen LogP contribution is 2.10. The van der Waals surface area contributed by atoms with Gasteiger partial charge in [-0.1, -0.05) is 0 Å². The highest BCUT2D eigenvalue weighted by Gasteiger charge is 2.19. The van der Waals surface area contributed by atoms with Crippen LogP contribution in [0.15, 0.2) is 0 Å². The van der Waals surface area contributed by atoms with Crippen LogP contribution in [0.25, 0.3) is 0 Å². The smallest absolute Gasteiger partial charge is 0.288 e. The molecule has 7 heteroatoms. The molecule has 1 unspecified atom stereocenters. The van der Waals surface area contributed by atoms with Crippen LogP contribution in [-0.2, 0) is 0 Å². The number of rotatable bonds is 4. The van der Waals surface area contributed by atoms with Crippen molar-refractivity contribution >= 4 is 11.9 Å². The minimum Gasteiger partial charge on any atom is -0.366 e. The van der Waals surface area contributed by atoms with Crippen molar-refractivity contribution in [2.24, 2.45) is 0 Å². The number of H-pyrrole nitrogens is 1. The zero-order chi connectivity index (χ0) is 12.3. The largest absolute Gasteiger partial charge is 0.366 e. The van der Waals surface area contributed by atoms with Crippen LogP contribution in [0.1, 0.15) is 30.4 Å². The van der Waals surface area contributed by atoms with E-state index in [0.717, 1.165) is 13.1 Å². The number of carbonyl (C=O) groups excluding carboxylic acids is 1. The number of aromatic nitrogens is 3. The van der Waals surface area contributed by atoms with Crippen molar-refractivity contribution < 1.29 is 4.79 Å². The number of amides is 1. The molecule has 17 heavy (non-hydrogen) atoms. The number of nitrogen functional groups attached to an aromatic ring is 1. The SMILES string of the molecule is CC(CNC(=O)c1nc(N)n[nH]1)N1CCCC1. The maximum absolute atomic E-state index is 11.7. The summed E-state index contributed by atoms with van der Waals surface area (Å²) >= 11 is 0. The van der Waals surface area contributed by atoms with Gasteiger partial charge in [0.2, 0.25) is 11.8 Å². The maximum Gasteiger partial charge on any atom is 0.288 e. The maximum atomic E-state index is 11.7. The predicted octanol–water partition coefficient (Wildman–Crippen LogP) is -0.399. The molecular weight excluding hydrogens is 220 g/mol. The quantitative estimate of drug-likeness (QED) is 0.663. The van der Waals surface area contributed by atoms with Crippen LogP contribution in [0.2, 0.25) is 0 Å². The molecule has 1 aliphatic heterocycles. The van der Waals surface area contributed by atoms with Gasteiger partial charge in [-0.3, -0.25) is 14.8 Å². The van der Waals surface area contributed by atoms with E-state index < -0.39 is 0 Å². The first-order valence-corrected chi connectivity index (χ1v) is 5.87. The van der Waals surface area contributed by atoms with Crippen molar-refractivity contribution in [1.29, 1.82) is 0 Å². The standard InChI is InChI=1S/C10H18N6O/c1-7(16-4-2-3-5-16)6-12-9(17)8-13-10(11)15-14-8/h7H,2-6H2,1H3,(H,12,17)(H3,11,13,14,15). The summed E-state index contributed by atoms with van der Waals surface area (Å²) in [4.78, 5) is 17.8. The molecule has 0 aromatic carbocycles. The molecule has 0 saturated carbocycles. The number of likely N-dealkylation sites (tertiary alicyclic amines) is 1. The summed E-state index contributed by atoms with van der Waals surface area (Å²) in [6, 6.07) is 0.349. The molecule has 1 aromatic heterocycles. The van der Waals surface area contributed by atoms with Gasteiger partial charge in [-0.25, -0.2) is 0 Å². The van der Waals surface area contributed by atoms with Gasteiger partial charge in [-0.15, -0.1) is 5.10 Å². The number of nitrogens with one attached hydrogen (secondary N) is 2. The van der Waals surface area contributed by atoms with Gasteiger partial charge in [0.05, 0.1) is 0 Å². The number of nitrogens with zero attached hydrogens (tertiary/aromatic N) is 3. The van der Waals surface area contributed by atoms with E-state index in [4.69, 9.17) is 5.73 Å². The fourth-order valence-electron chi connectivity index (χ4n) is 2.01. The summed E-state index contributed by atoms with van der Waals surface area (Å²) in [7, 11) is 0. The Hall–Kier alpha value is -1.63. The second-order valence-electron chi connectivity index (χ2n) is 4.34. The van der Waals surface area contributed by atoms with Gasteiger partial charge in [0, 0.05) is 12.6 Å². The number of carbonyl (C=O) groups is 1. The highest BCUT2D eigenvalue weighted by molar-refractivity contribution is 5.90. The van der Waals surface area contributed by atoms with Gasteiger partial charge >= 0.3 is 0 Å². The first-order valence-electron chi connectivity index (χ1n) is 5.87. The third-order valence-corrected chi connectivity index (χ3v) is 3.04. The Morgan fingerprint density at radius 1 is 1.59 bits per heavy atom. The molecule has 1 atom stereocenters. The average Bonchev–Trinajstić information content (AvgIpc) is 2.95. The monoisotopic (exact) mass is 238 g/mol. The first kappa shape index (κ1) is 11.8. The van der Waals surface area contributed by atoms with Gasteiger partial charge < -0.3 is 11.1 Å². The minimum absolute atomic E-state index is 0.0859. The lowest BCUT2D eigenvalue weighted by Crippen LogP contribution is -2.40. The predicted molar refractivity (Wildman–Crippen MR) is 63.4 cm³/mol. The Morgan fingerprint density at radius 3 is 2.88 bits per heavy atom. The fraction of sp³-hybridized carbons (Fsp3) is 0.700. The highest BCUT2D eigenvalue weighted by atomic mass is 16.2. The summed E-state index contributed by atoms with van der Waals surface area (Å²) in [5, 5.41) is 8.92. The van der Waals surface area contributed by atoms with Crippen molar-refractivity contribution in [3.05, 3.63) is 5.82 Å². The lowest BCUT2D eigenvalue weighted by atomic mass is 10.3. The van der Waals surface area contributed by atoms with E-state index in [2.05, 4.69) is 32.3 Å². The zero-order valence-corrected chi connectivity index (χ0v) is 9.94. The molecule has 2 heterocycles. The number of nitrogens with two attached hydrogens (primary N) is 1. The molecule has 1 fully saturated rings. The van der Waals surface area contributed by atoms with Gasteiger partial charge in [-0.2, -0.15) is 4.98 Å². The van der Waals surface area contributed by atoms with Crippen molar-refractivity contribution in [3.63, 3.8) is 0 Å². The Balaban J connectivity index is 1.79. The molecule has 94 valence electrons. The summed E-state index contributed by atoms with van der Waals surface area (Å²) in [5.74, 6) is -0.0147. The Labute approximate surface area is 99.8 Å². The lowest BCUT2D eigenvalue weighted by Gasteiger charge is -2.23. The summed E-state index contributed by atoms with van der Waals surface area (Å²) < 4.78 is 0. The van der Waals surface area contributed by atoms with E-state index in [-0.39, 0.29) is 17.7 Å². The van der Waals surface area contributed by atoms with Crippen molar-refractivity contribution in [2.75, 3.05) is 25.4 Å². The fourth-order valence-corrected chi connectivity index (χ4v) is 2.01. The second kappa shape index (κ2) is 5.13. The molecule has 0 radical (unpaired) electrons. The average molecular weight is 238 g/mol. The van der Waals surface area contributed by atoms with Crippen molar-refractivity contribution in [3.8, 4) is 0 Å². The Morgan fingerprint density at radius 2 is 2.29 bits per heavy atom. The topological polar surface area (TPSA) is 99.9 Å². The molecule has 0 aliphatic carbocycles. The summed E-state index contributed by atoms with van der Waals surface area (Å²) in [6.45, 7) is 4.96. The van der Waals surface area contributed by atoms with Crippen molar-refractivity contribution in [2.45, 2.75) is 25.8 Å². The van der Waals surface area contributed by atoms with E-state index in [1.807, 2.05) is 0 Å². The summed E-state index contributed by atoms with van der Waals surface area (Å²) in [6.07, 6.45) is 2.49. The third kappa shape index (κ3) is 2.94. The van der Waals surface area contributed by atoms with Gasteiger partial charge in [-0.05, 0) is 32.9 Å². The molecule has 1 amide bonds. The molecule has 7 nitrogen and oxygen atoms in total. The van der Waals surface area contributed by atoms with Crippen LogP contribution in [0.3, 0.4) is 0 Å². The molecule has 2 rings (SSSR count). The molecule has 0 spiro atoms. The Bertz CT molecular complexity index is 384. The van der Waals surface area contributed by atoms with E-state index in [0.29, 0.717) is 12.6 Å². The molecule has 4 N–H and O–H groups in total. The van der Waals surface area contributed by atoms with Crippen LogP contribution in [0, 0.1) is 0 Å². The van der Waals surface area contributed by atoms with Gasteiger partial charge in [0.25, 0.3) is 5.91 Å². The van der Waals surface area contributed by atoms with Crippen LogP contribution in [-0.4, -0.2) is 51.7 Å². The van der Waals surface area contributed by atoms with Crippen LogP contribution in [0.4, 0.5) is 5.95 Å². The number of anilines is 1. The summed E-state index contributed by atoms with van der Waals surface area (Å²) in [5.41, 5.74) is 5.33. The third-order valence-electron chi connectivity index (χ3n) is 3.04. The molecule has 1 saturated heterocycles. The van der Waals surface area contributed by atoms with Gasteiger partial charge in [0.1, 0.15) is 0 Å². The zero-order valence-electron chi connectivity index (χ0n) is 9.94. The minimum atomic E-state index is -0.264. The van der Waals surface area contributed by atoms with E-state index in [1.54, 1.807) is 0 Å². The van der Waals surface area contributed by atoms with E-state index in [1.165, 1.54) is 12.8 Å². The number of hydrogen-bond donors (Lipinski definition) is 3. The van der Waals surface area contributed by atoms with Crippen LogP contribution in [0.5, 0.6) is 0 Å². The van der Waals surface area contributed by atoms with Crippen molar-refractivity contribution in [1.82, 2.24) is 25.4 Å². The Kier molecular flexibility index (Phi) is 3.58. The first-order chi connectivity index (χ1) is 8.16. The second-order valence-corrected chi connectivity index (χ2v) is 4.34. The molecular formula is C10H18N6O. The van der Waals surface area contributed by atoms with Crippen LogP contribution >= 0.6 is 0 Å².